The molecule has 0 saturated carbocycles. The molecule has 104 valence electrons. The molecule has 19 heavy (non-hydrogen) atoms. The van der Waals surface area contributed by atoms with Gasteiger partial charge in [-0.25, -0.2) is 18.4 Å². The number of carboxylic acids is 1. The molecule has 0 spiro atoms. The van der Waals surface area contributed by atoms with Crippen molar-refractivity contribution < 1.29 is 28.6 Å². The second-order valence-corrected chi connectivity index (χ2v) is 4.29. The summed E-state index contributed by atoms with van der Waals surface area (Å²) in [5, 5.41) is 21.3. The van der Waals surface area contributed by atoms with Crippen molar-refractivity contribution in [1.29, 1.82) is 0 Å². The first-order valence-corrected chi connectivity index (χ1v) is 5.71. The summed E-state index contributed by atoms with van der Waals surface area (Å²) in [4.78, 5) is 21.6. The number of carbonyl (C=O) groups is 2. The summed E-state index contributed by atoms with van der Waals surface area (Å²) in [7, 11) is 0. The van der Waals surface area contributed by atoms with Gasteiger partial charge < -0.3 is 20.8 Å². The van der Waals surface area contributed by atoms with Crippen LogP contribution >= 0.6 is 15.9 Å². The van der Waals surface area contributed by atoms with E-state index in [0.29, 0.717) is 6.07 Å². The standard InChI is InChI=1S/C10H9BrF2N2O4/c11-4-1-7(6(13)2-5(4)12)15-10(19)14-3-8(16)9(17)18/h1-2,8,16H,3H2,(H,17,18)(H2,14,15,19)/t8-/m0/s1. The molecule has 0 heterocycles. The SMILES string of the molecule is O=C(NC[C@H](O)C(=O)O)Nc1cc(Br)c(F)cc1F. The molecule has 0 unspecified atom stereocenters. The molecule has 0 saturated heterocycles. The van der Waals surface area contributed by atoms with Gasteiger partial charge >= 0.3 is 12.0 Å². The molecular weight excluding hydrogens is 330 g/mol. The molecule has 1 aromatic carbocycles. The maximum atomic E-state index is 13.3. The van der Waals surface area contributed by atoms with Gasteiger partial charge in [0.25, 0.3) is 0 Å². The molecule has 0 fully saturated rings. The second-order valence-electron chi connectivity index (χ2n) is 3.44. The maximum Gasteiger partial charge on any atom is 0.334 e. The number of amides is 2. The zero-order valence-electron chi connectivity index (χ0n) is 9.28. The van der Waals surface area contributed by atoms with Gasteiger partial charge in [0.15, 0.2) is 6.10 Å². The number of hydrogen-bond acceptors (Lipinski definition) is 3. The van der Waals surface area contributed by atoms with Crippen LogP contribution in [0.4, 0.5) is 19.3 Å². The van der Waals surface area contributed by atoms with Gasteiger partial charge in [0.1, 0.15) is 11.6 Å². The Morgan fingerprint density at radius 1 is 1.32 bits per heavy atom. The minimum Gasteiger partial charge on any atom is -0.479 e. The molecule has 0 aliphatic carbocycles. The molecule has 6 nitrogen and oxygen atoms in total. The van der Waals surface area contributed by atoms with E-state index in [9.17, 15) is 18.4 Å². The summed E-state index contributed by atoms with van der Waals surface area (Å²) in [5.74, 6) is -3.32. The van der Waals surface area contributed by atoms with Crippen molar-refractivity contribution >= 4 is 33.6 Å². The Morgan fingerprint density at radius 3 is 2.53 bits per heavy atom. The Labute approximate surface area is 114 Å². The van der Waals surface area contributed by atoms with E-state index in [1.807, 2.05) is 10.6 Å². The van der Waals surface area contributed by atoms with Crippen LogP contribution in [0, 0.1) is 11.6 Å². The summed E-state index contributed by atoms with van der Waals surface area (Å²) in [6.07, 6.45) is -1.77. The van der Waals surface area contributed by atoms with Crippen LogP contribution in [0.25, 0.3) is 0 Å². The van der Waals surface area contributed by atoms with Crippen LogP contribution in [0.15, 0.2) is 16.6 Å². The summed E-state index contributed by atoms with van der Waals surface area (Å²) in [6.45, 7) is -0.550. The molecular formula is C10H9BrF2N2O4. The van der Waals surface area contributed by atoms with Crippen LogP contribution < -0.4 is 10.6 Å². The summed E-state index contributed by atoms with van der Waals surface area (Å²) < 4.78 is 26.2. The van der Waals surface area contributed by atoms with E-state index in [4.69, 9.17) is 10.2 Å². The van der Waals surface area contributed by atoms with E-state index in [0.717, 1.165) is 6.07 Å². The average molecular weight is 339 g/mol. The zero-order chi connectivity index (χ0) is 14.6. The van der Waals surface area contributed by atoms with Crippen LogP contribution in [0.3, 0.4) is 0 Å². The number of halogens is 3. The average Bonchev–Trinajstić information content (AvgIpc) is 2.32. The number of aliphatic hydroxyl groups is 1. The Kier molecular flexibility index (Phi) is 5.19. The lowest BCUT2D eigenvalue weighted by molar-refractivity contribution is -0.146. The smallest absolute Gasteiger partial charge is 0.334 e. The summed E-state index contributed by atoms with van der Waals surface area (Å²) in [6, 6.07) is 0.654. The maximum absolute atomic E-state index is 13.3. The zero-order valence-corrected chi connectivity index (χ0v) is 10.9. The van der Waals surface area contributed by atoms with Crippen LogP contribution in [0.2, 0.25) is 0 Å². The quantitative estimate of drug-likeness (QED) is 0.622. The largest absolute Gasteiger partial charge is 0.479 e. The Bertz CT molecular complexity index is 513. The van der Waals surface area contributed by atoms with Gasteiger partial charge in [-0.2, -0.15) is 0 Å². The van der Waals surface area contributed by atoms with Crippen LogP contribution in [0.1, 0.15) is 0 Å². The number of hydrogen-bond donors (Lipinski definition) is 4. The third kappa shape index (κ3) is 4.45. The van der Waals surface area contributed by atoms with E-state index >= 15 is 0 Å². The fourth-order valence-corrected chi connectivity index (χ4v) is 1.40. The number of aliphatic hydroxyl groups excluding tert-OH is 1. The second kappa shape index (κ2) is 6.43. The normalized spacial score (nSPS) is 11.8. The van der Waals surface area contributed by atoms with Gasteiger partial charge in [0.2, 0.25) is 0 Å². The van der Waals surface area contributed by atoms with E-state index in [2.05, 4.69) is 15.9 Å². The number of benzene rings is 1. The minimum absolute atomic E-state index is 0.0465. The summed E-state index contributed by atoms with van der Waals surface area (Å²) in [5.41, 5.74) is -0.296. The number of nitrogens with one attached hydrogen (secondary N) is 2. The summed E-state index contributed by atoms with van der Waals surface area (Å²) >= 11 is 2.82. The van der Waals surface area contributed by atoms with Crippen molar-refractivity contribution in [2.24, 2.45) is 0 Å². The van der Waals surface area contributed by atoms with Crippen molar-refractivity contribution in [1.82, 2.24) is 5.32 Å². The van der Waals surface area contributed by atoms with Gasteiger partial charge in [-0.05, 0) is 22.0 Å². The third-order valence-corrected chi connectivity index (χ3v) is 2.61. The van der Waals surface area contributed by atoms with E-state index < -0.39 is 36.3 Å². The number of carboxylic acid groups (broad SMARTS) is 1. The molecule has 1 rings (SSSR count). The van der Waals surface area contributed by atoms with Gasteiger partial charge in [-0.3, -0.25) is 0 Å². The topological polar surface area (TPSA) is 98.7 Å². The molecule has 0 aromatic heterocycles. The van der Waals surface area contributed by atoms with Crippen LogP contribution in [0.5, 0.6) is 0 Å². The molecule has 0 aliphatic heterocycles. The molecule has 0 aliphatic rings. The Morgan fingerprint density at radius 2 is 1.95 bits per heavy atom. The highest BCUT2D eigenvalue weighted by molar-refractivity contribution is 9.10. The van der Waals surface area contributed by atoms with E-state index in [1.165, 1.54) is 0 Å². The van der Waals surface area contributed by atoms with E-state index in [1.54, 1.807) is 0 Å². The number of anilines is 1. The highest BCUT2D eigenvalue weighted by Crippen LogP contribution is 2.23. The predicted octanol–water partition coefficient (Wildman–Crippen LogP) is 1.29. The van der Waals surface area contributed by atoms with Gasteiger partial charge in [0.05, 0.1) is 16.7 Å². The van der Waals surface area contributed by atoms with Gasteiger partial charge in [0, 0.05) is 6.07 Å². The lowest BCUT2D eigenvalue weighted by atomic mass is 10.3. The number of rotatable bonds is 4. The first kappa shape index (κ1) is 15.3. The van der Waals surface area contributed by atoms with Gasteiger partial charge in [-0.1, -0.05) is 0 Å². The predicted molar refractivity (Wildman–Crippen MR) is 64.7 cm³/mol. The fraction of sp³-hybridized carbons (Fsp3) is 0.200. The molecule has 0 radical (unpaired) electrons. The number of aliphatic carboxylic acids is 1. The number of carbonyl (C=O) groups excluding carboxylic acids is 1. The molecule has 4 N–H and O–H groups in total. The van der Waals surface area contributed by atoms with Crippen molar-refractivity contribution in [2.45, 2.75) is 6.10 Å². The van der Waals surface area contributed by atoms with Crippen LogP contribution in [-0.2, 0) is 4.79 Å². The molecule has 0 bridgehead atoms. The van der Waals surface area contributed by atoms with E-state index in [-0.39, 0.29) is 10.2 Å². The highest BCUT2D eigenvalue weighted by atomic mass is 79.9. The Balaban J connectivity index is 2.62. The highest BCUT2D eigenvalue weighted by Gasteiger charge is 2.15. The van der Waals surface area contributed by atoms with Crippen molar-refractivity contribution in [3.63, 3.8) is 0 Å². The van der Waals surface area contributed by atoms with Crippen molar-refractivity contribution in [3.8, 4) is 0 Å². The minimum atomic E-state index is -1.77. The van der Waals surface area contributed by atoms with Crippen LogP contribution in [-0.4, -0.2) is 34.9 Å². The molecule has 9 heteroatoms. The molecule has 1 atom stereocenters. The molecule has 2 amide bonds. The number of urea groups is 1. The Hall–Kier alpha value is -1.74. The van der Waals surface area contributed by atoms with Crippen molar-refractivity contribution in [2.75, 3.05) is 11.9 Å². The van der Waals surface area contributed by atoms with Gasteiger partial charge in [-0.15, -0.1) is 0 Å². The first-order chi connectivity index (χ1) is 8.81. The lowest BCUT2D eigenvalue weighted by Crippen LogP contribution is -2.38. The monoisotopic (exact) mass is 338 g/mol. The first-order valence-electron chi connectivity index (χ1n) is 4.91. The third-order valence-electron chi connectivity index (χ3n) is 2.00. The van der Waals surface area contributed by atoms with Crippen molar-refractivity contribution in [3.05, 3.63) is 28.2 Å². The fourth-order valence-electron chi connectivity index (χ4n) is 1.06. The lowest BCUT2D eigenvalue weighted by Gasteiger charge is -2.10. The molecule has 1 aromatic rings.